The predicted molar refractivity (Wildman–Crippen MR) is 204 cm³/mol. The van der Waals surface area contributed by atoms with Crippen LogP contribution in [0.5, 0.6) is 0 Å². The van der Waals surface area contributed by atoms with Gasteiger partial charge < -0.3 is 4.57 Å². The maximum absolute atomic E-state index is 5.16. The van der Waals surface area contributed by atoms with Gasteiger partial charge in [0.25, 0.3) is 5.78 Å². The number of aromatic nitrogens is 5. The molecule has 4 heterocycles. The second-order valence-corrected chi connectivity index (χ2v) is 13.5. The molecule has 7 aromatic carbocycles. The van der Waals surface area contributed by atoms with E-state index in [4.69, 9.17) is 15.1 Å². The molecular weight excluding hydrogens is 619 g/mol. The highest BCUT2D eigenvalue weighted by atomic mass is 32.1. The normalized spacial score (nSPS) is 12.1. The van der Waals surface area contributed by atoms with Crippen molar-refractivity contribution < 1.29 is 0 Å². The summed E-state index contributed by atoms with van der Waals surface area (Å²) < 4.78 is 6.90. The average molecular weight is 644 g/mol. The molecule has 0 aliphatic carbocycles. The van der Waals surface area contributed by atoms with Crippen LogP contribution in [0.3, 0.4) is 0 Å². The van der Waals surface area contributed by atoms with Gasteiger partial charge in [-0.05, 0) is 41.1 Å². The van der Waals surface area contributed by atoms with Crippen LogP contribution >= 0.6 is 11.3 Å². The summed E-state index contributed by atoms with van der Waals surface area (Å²) in [4.78, 5) is 10.2. The Balaban J connectivity index is 1.26. The summed E-state index contributed by atoms with van der Waals surface area (Å²) in [6.45, 7) is 0. The minimum absolute atomic E-state index is 0.572. The van der Waals surface area contributed by atoms with Crippen molar-refractivity contribution in [3.63, 3.8) is 0 Å². The van der Waals surface area contributed by atoms with Crippen LogP contribution in [0, 0.1) is 0 Å². The molecule has 49 heavy (non-hydrogen) atoms. The SMILES string of the molecule is c1ccc(-c2nc3nc(-c4ccccc4-n4c5ccccc5c5c6ccccc6c6c7ccccc7sc6c54)nn3c3ccccc23)cc1. The van der Waals surface area contributed by atoms with Crippen molar-refractivity contribution in [1.29, 1.82) is 0 Å². The highest BCUT2D eigenvalue weighted by Crippen LogP contribution is 2.48. The fourth-order valence-electron chi connectivity index (χ4n) is 7.72. The summed E-state index contributed by atoms with van der Waals surface area (Å²) in [5, 5.41) is 13.8. The van der Waals surface area contributed by atoms with E-state index in [0.29, 0.717) is 11.6 Å². The summed E-state index contributed by atoms with van der Waals surface area (Å²) in [7, 11) is 0. The minimum atomic E-state index is 0.572. The molecule has 0 aliphatic heterocycles. The maximum Gasteiger partial charge on any atom is 0.253 e. The van der Waals surface area contributed by atoms with E-state index in [2.05, 4.69) is 132 Å². The third-order valence-electron chi connectivity index (χ3n) is 9.77. The molecule has 0 radical (unpaired) electrons. The molecular formula is C43H25N5S. The van der Waals surface area contributed by atoms with Gasteiger partial charge in [-0.2, -0.15) is 9.50 Å². The molecule has 0 aliphatic rings. The standard InChI is InChI=1S/C43H25N5S/c1-2-14-26(15-3-1)39-30-19-7-12-24-35(30)48-43(44-39)45-42(46-48)31-20-8-11-23-34(31)47-33-22-10-6-18-29(33)37-27-16-4-5-17-28(27)38-32-21-9-13-25-36(32)49-41(38)40(37)47/h1-25H. The number of benzene rings is 7. The van der Waals surface area contributed by atoms with Gasteiger partial charge in [-0.15, -0.1) is 16.4 Å². The first-order valence-corrected chi connectivity index (χ1v) is 17.2. The predicted octanol–water partition coefficient (Wildman–Crippen LogP) is 11.2. The molecule has 6 heteroatoms. The molecule has 228 valence electrons. The fraction of sp³-hybridized carbons (Fsp3) is 0. The van der Waals surface area contributed by atoms with Gasteiger partial charge in [0.15, 0.2) is 5.82 Å². The zero-order valence-electron chi connectivity index (χ0n) is 26.1. The number of hydrogen-bond donors (Lipinski definition) is 0. The first-order valence-electron chi connectivity index (χ1n) is 16.4. The molecule has 0 amide bonds. The Kier molecular flexibility index (Phi) is 5.48. The molecule has 0 unspecified atom stereocenters. The third kappa shape index (κ3) is 3.72. The second kappa shape index (κ2) is 10.1. The average Bonchev–Trinajstić information content (AvgIpc) is 3.87. The Bertz CT molecular complexity index is 3110. The number of hydrogen-bond acceptors (Lipinski definition) is 4. The van der Waals surface area contributed by atoms with Crippen LogP contribution in [-0.2, 0) is 0 Å². The van der Waals surface area contributed by atoms with E-state index in [1.54, 1.807) is 0 Å². The lowest BCUT2D eigenvalue weighted by atomic mass is 9.99. The lowest BCUT2D eigenvalue weighted by Gasteiger charge is -2.13. The molecule has 4 aromatic heterocycles. The van der Waals surface area contributed by atoms with Gasteiger partial charge in [-0.3, -0.25) is 0 Å². The highest BCUT2D eigenvalue weighted by molar-refractivity contribution is 7.27. The van der Waals surface area contributed by atoms with Crippen molar-refractivity contribution in [3.05, 3.63) is 152 Å². The van der Waals surface area contributed by atoms with Gasteiger partial charge in [0.2, 0.25) is 0 Å². The highest BCUT2D eigenvalue weighted by Gasteiger charge is 2.24. The van der Waals surface area contributed by atoms with E-state index < -0.39 is 0 Å². The van der Waals surface area contributed by atoms with Crippen molar-refractivity contribution in [2.75, 3.05) is 0 Å². The summed E-state index contributed by atoms with van der Waals surface area (Å²) >= 11 is 1.87. The molecule has 0 saturated heterocycles. The monoisotopic (exact) mass is 643 g/mol. The number of para-hydroxylation sites is 3. The zero-order chi connectivity index (χ0) is 32.1. The van der Waals surface area contributed by atoms with Crippen LogP contribution in [0.25, 0.3) is 97.8 Å². The number of fused-ring (bicyclic) bond motifs is 13. The van der Waals surface area contributed by atoms with E-state index in [0.717, 1.165) is 38.9 Å². The Hall–Kier alpha value is -6.37. The first kappa shape index (κ1) is 26.7. The fourth-order valence-corrected chi connectivity index (χ4v) is 8.98. The number of rotatable bonds is 3. The lowest BCUT2D eigenvalue weighted by Crippen LogP contribution is -1.98. The summed E-state index contributed by atoms with van der Waals surface area (Å²) in [5.41, 5.74) is 7.27. The van der Waals surface area contributed by atoms with Crippen molar-refractivity contribution in [2.45, 2.75) is 0 Å². The van der Waals surface area contributed by atoms with Crippen LogP contribution < -0.4 is 0 Å². The number of nitrogens with zero attached hydrogens (tertiary/aromatic N) is 5. The summed E-state index contributed by atoms with van der Waals surface area (Å²) in [6.07, 6.45) is 0. The Morgan fingerprint density at radius 3 is 1.96 bits per heavy atom. The lowest BCUT2D eigenvalue weighted by molar-refractivity contribution is 0.987. The van der Waals surface area contributed by atoms with Gasteiger partial charge in [0, 0.05) is 42.8 Å². The Morgan fingerprint density at radius 1 is 0.490 bits per heavy atom. The Labute approximate surface area is 283 Å². The summed E-state index contributed by atoms with van der Waals surface area (Å²) in [6, 6.07) is 53.5. The van der Waals surface area contributed by atoms with E-state index in [9.17, 15) is 0 Å². The number of thiophene rings is 1. The third-order valence-corrected chi connectivity index (χ3v) is 11.0. The van der Waals surface area contributed by atoms with Crippen LogP contribution in [-0.4, -0.2) is 24.1 Å². The van der Waals surface area contributed by atoms with E-state index in [1.807, 2.05) is 40.1 Å². The van der Waals surface area contributed by atoms with Crippen LogP contribution in [0.15, 0.2) is 152 Å². The molecule has 0 spiro atoms. The molecule has 0 saturated carbocycles. The smallest absolute Gasteiger partial charge is 0.253 e. The topological polar surface area (TPSA) is 48.0 Å². The minimum Gasteiger partial charge on any atom is -0.307 e. The van der Waals surface area contributed by atoms with Crippen molar-refractivity contribution in [2.24, 2.45) is 0 Å². The second-order valence-electron chi connectivity index (χ2n) is 12.4. The molecule has 0 bridgehead atoms. The van der Waals surface area contributed by atoms with Crippen molar-refractivity contribution >= 4 is 80.8 Å². The first-order chi connectivity index (χ1) is 24.3. The molecule has 5 nitrogen and oxygen atoms in total. The zero-order valence-corrected chi connectivity index (χ0v) is 26.9. The maximum atomic E-state index is 5.16. The van der Waals surface area contributed by atoms with Gasteiger partial charge in [-0.1, -0.05) is 121 Å². The quantitative estimate of drug-likeness (QED) is 0.192. The Morgan fingerprint density at radius 2 is 1.12 bits per heavy atom. The molecule has 0 N–H and O–H groups in total. The van der Waals surface area contributed by atoms with Crippen LogP contribution in [0.4, 0.5) is 0 Å². The summed E-state index contributed by atoms with van der Waals surface area (Å²) in [5.74, 6) is 1.21. The van der Waals surface area contributed by atoms with E-state index in [-0.39, 0.29) is 0 Å². The van der Waals surface area contributed by atoms with Gasteiger partial charge in [0.1, 0.15) is 0 Å². The molecule has 11 aromatic rings. The largest absolute Gasteiger partial charge is 0.307 e. The molecule has 0 fully saturated rings. The van der Waals surface area contributed by atoms with Crippen LogP contribution in [0.2, 0.25) is 0 Å². The molecule has 11 rings (SSSR count). The van der Waals surface area contributed by atoms with E-state index >= 15 is 0 Å². The van der Waals surface area contributed by atoms with Crippen molar-refractivity contribution in [1.82, 2.24) is 24.1 Å². The van der Waals surface area contributed by atoms with Gasteiger partial charge >= 0.3 is 0 Å². The van der Waals surface area contributed by atoms with E-state index in [1.165, 1.54) is 47.2 Å². The van der Waals surface area contributed by atoms with Crippen LogP contribution in [0.1, 0.15) is 0 Å². The van der Waals surface area contributed by atoms with Gasteiger partial charge in [-0.25, -0.2) is 4.98 Å². The van der Waals surface area contributed by atoms with Crippen molar-refractivity contribution in [3.8, 4) is 28.3 Å². The molecule has 0 atom stereocenters. The van der Waals surface area contributed by atoms with Gasteiger partial charge in [0.05, 0.1) is 32.6 Å².